The van der Waals surface area contributed by atoms with Gasteiger partial charge in [-0.1, -0.05) is 0 Å². The molecule has 230 valence electrons. The summed E-state index contributed by atoms with van der Waals surface area (Å²) in [6, 6.07) is 0. The summed E-state index contributed by atoms with van der Waals surface area (Å²) in [5.41, 5.74) is -1.92. The van der Waals surface area contributed by atoms with Crippen LogP contribution in [0.4, 0.5) is 0 Å². The zero-order valence-electron chi connectivity index (χ0n) is 25.8. The van der Waals surface area contributed by atoms with Gasteiger partial charge in [0.2, 0.25) is 0 Å². The van der Waals surface area contributed by atoms with E-state index in [1.807, 2.05) is 9.80 Å². The van der Waals surface area contributed by atoms with Crippen molar-refractivity contribution < 1.29 is 38.5 Å². The third-order valence-corrected chi connectivity index (χ3v) is 5.26. The van der Waals surface area contributed by atoms with E-state index in [4.69, 9.17) is 14.2 Å². The van der Waals surface area contributed by atoms with Crippen molar-refractivity contribution in [2.24, 2.45) is 0 Å². The van der Waals surface area contributed by atoms with E-state index in [1.54, 1.807) is 84.5 Å². The maximum atomic E-state index is 12.7. The van der Waals surface area contributed by atoms with Crippen molar-refractivity contribution in [3.63, 3.8) is 0 Å². The van der Waals surface area contributed by atoms with Crippen molar-refractivity contribution in [2.75, 3.05) is 65.4 Å². The second-order valence-corrected chi connectivity index (χ2v) is 12.9. The number of esters is 3. The molecule has 1 rings (SSSR count). The normalized spacial score (nSPS) is 17.8. The van der Waals surface area contributed by atoms with E-state index >= 15 is 0 Å². The summed E-state index contributed by atoms with van der Waals surface area (Å²) in [6.45, 7) is 18.3. The molecule has 0 aromatic carbocycles. The lowest BCUT2D eigenvalue weighted by molar-refractivity contribution is -0.158. The monoisotopic (exact) mass is 570 g/mol. The first-order valence-corrected chi connectivity index (χ1v) is 13.7. The Kier molecular flexibility index (Phi) is 13.4. The third-order valence-electron chi connectivity index (χ3n) is 5.26. The Hall–Kier alpha value is -2.86. The first kappa shape index (κ1) is 35.2. The summed E-state index contributed by atoms with van der Waals surface area (Å²) in [5, 5.41) is 9.43. The van der Waals surface area contributed by atoms with Crippen LogP contribution in [0, 0.1) is 0 Å². The van der Waals surface area contributed by atoms with Gasteiger partial charge in [0.05, 0.1) is 13.1 Å². The number of hydrogen-bond donors (Lipinski definition) is 1. The van der Waals surface area contributed by atoms with Crippen LogP contribution in [0.3, 0.4) is 0 Å². The molecule has 0 radical (unpaired) electrons. The minimum absolute atomic E-state index is 0.0208. The predicted octanol–water partition coefficient (Wildman–Crippen LogP) is 1.79. The lowest BCUT2D eigenvalue weighted by Gasteiger charge is -2.32. The van der Waals surface area contributed by atoms with Gasteiger partial charge in [-0.05, 0) is 62.3 Å². The van der Waals surface area contributed by atoms with E-state index in [-0.39, 0.29) is 38.1 Å². The van der Waals surface area contributed by atoms with Gasteiger partial charge in [0.1, 0.15) is 29.9 Å². The topological polar surface area (TPSA) is 129 Å². The van der Waals surface area contributed by atoms with Crippen molar-refractivity contribution >= 4 is 23.9 Å². The average molecular weight is 571 g/mol. The lowest BCUT2D eigenvalue weighted by atomic mass is 10.2. The summed E-state index contributed by atoms with van der Waals surface area (Å²) < 4.78 is 16.5. The Morgan fingerprint density at radius 2 is 0.850 bits per heavy atom. The molecule has 1 N–H and O–H groups in total. The maximum Gasteiger partial charge on any atom is 0.326 e. The third kappa shape index (κ3) is 17.7. The van der Waals surface area contributed by atoms with Crippen molar-refractivity contribution in [1.29, 1.82) is 0 Å². The van der Waals surface area contributed by atoms with Gasteiger partial charge in [0.25, 0.3) is 0 Å². The standard InChI is InChI=1S/C28H50N4O8/c1-26(2,3)38-23(35)19-30-12-10-29(18-22(33)34)11-13-31(20-24(36)39-27(4,5)6)15-17-32(16-14-30)21-25(37)40-28(7,8)9/h10,12H,11,13-21H2,1-9H3,(H,33,34)/b12-10-. The molecule has 0 aliphatic carbocycles. The fraction of sp³-hybridized carbons (Fsp3) is 0.786. The molecule has 1 aliphatic heterocycles. The van der Waals surface area contributed by atoms with Gasteiger partial charge in [0.15, 0.2) is 0 Å². The molecule has 0 bridgehead atoms. The van der Waals surface area contributed by atoms with Crippen LogP contribution < -0.4 is 0 Å². The molecule has 1 heterocycles. The number of aliphatic carboxylic acids is 1. The van der Waals surface area contributed by atoms with E-state index in [0.29, 0.717) is 39.3 Å². The number of carbonyl (C=O) groups is 4. The Bertz CT molecular complexity index is 886. The van der Waals surface area contributed by atoms with Crippen LogP contribution in [0.1, 0.15) is 62.3 Å². The highest BCUT2D eigenvalue weighted by molar-refractivity contribution is 5.73. The van der Waals surface area contributed by atoms with Crippen LogP contribution in [0.2, 0.25) is 0 Å². The number of carboxylic acid groups (broad SMARTS) is 1. The van der Waals surface area contributed by atoms with Gasteiger partial charge in [-0.15, -0.1) is 0 Å². The molecule has 1 aliphatic rings. The minimum atomic E-state index is -1.00. The van der Waals surface area contributed by atoms with E-state index < -0.39 is 28.7 Å². The summed E-state index contributed by atoms with van der Waals surface area (Å²) in [5.74, 6) is -2.18. The van der Waals surface area contributed by atoms with Crippen LogP contribution in [-0.2, 0) is 33.4 Å². The second-order valence-electron chi connectivity index (χ2n) is 12.9. The first-order chi connectivity index (χ1) is 18.2. The SMILES string of the molecule is CC(C)(C)OC(=O)CN1/C=C\N(CC(=O)O)CCN(CC(=O)OC(C)(C)C)CCN(CC(=O)OC(C)(C)C)CC1. The fourth-order valence-electron chi connectivity index (χ4n) is 3.79. The van der Waals surface area contributed by atoms with Crippen LogP contribution in [0.15, 0.2) is 12.4 Å². The van der Waals surface area contributed by atoms with E-state index in [0.717, 1.165) is 0 Å². The summed E-state index contributed by atoms with van der Waals surface area (Å²) >= 11 is 0. The predicted molar refractivity (Wildman–Crippen MR) is 150 cm³/mol. The summed E-state index contributed by atoms with van der Waals surface area (Å²) in [7, 11) is 0. The van der Waals surface area contributed by atoms with Crippen LogP contribution in [0.25, 0.3) is 0 Å². The van der Waals surface area contributed by atoms with Gasteiger partial charge in [-0.3, -0.25) is 29.0 Å². The number of nitrogens with zero attached hydrogens (tertiary/aromatic N) is 4. The van der Waals surface area contributed by atoms with Crippen molar-refractivity contribution in [3.8, 4) is 0 Å². The number of rotatable bonds is 8. The Morgan fingerprint density at radius 3 is 1.18 bits per heavy atom. The molecule has 12 nitrogen and oxygen atoms in total. The molecular weight excluding hydrogens is 520 g/mol. The average Bonchev–Trinajstić information content (AvgIpc) is 2.71. The Morgan fingerprint density at radius 1 is 0.550 bits per heavy atom. The second kappa shape index (κ2) is 15.2. The number of carbonyl (C=O) groups excluding carboxylic acids is 3. The number of hydrogen-bond acceptors (Lipinski definition) is 11. The fourth-order valence-corrected chi connectivity index (χ4v) is 3.79. The van der Waals surface area contributed by atoms with Gasteiger partial charge in [0, 0.05) is 51.7 Å². The molecule has 0 saturated heterocycles. The van der Waals surface area contributed by atoms with Gasteiger partial charge in [-0.25, -0.2) is 0 Å². The molecule has 0 saturated carbocycles. The molecule has 0 amide bonds. The highest BCUT2D eigenvalue weighted by Gasteiger charge is 2.24. The summed E-state index contributed by atoms with van der Waals surface area (Å²) in [6.07, 6.45) is 3.29. The molecule has 40 heavy (non-hydrogen) atoms. The lowest BCUT2D eigenvalue weighted by Crippen LogP contribution is -2.46. The Labute approximate surface area is 239 Å². The summed E-state index contributed by atoms with van der Waals surface area (Å²) in [4.78, 5) is 56.5. The molecule has 12 heteroatoms. The first-order valence-electron chi connectivity index (χ1n) is 13.7. The minimum Gasteiger partial charge on any atom is -0.480 e. The van der Waals surface area contributed by atoms with Gasteiger partial charge >= 0.3 is 23.9 Å². The Balaban J connectivity index is 3.20. The molecule has 0 fully saturated rings. The van der Waals surface area contributed by atoms with E-state index in [2.05, 4.69) is 0 Å². The smallest absolute Gasteiger partial charge is 0.326 e. The van der Waals surface area contributed by atoms with Crippen LogP contribution in [0.5, 0.6) is 0 Å². The molecule has 0 unspecified atom stereocenters. The van der Waals surface area contributed by atoms with Crippen LogP contribution >= 0.6 is 0 Å². The highest BCUT2D eigenvalue weighted by Crippen LogP contribution is 2.11. The van der Waals surface area contributed by atoms with Gasteiger partial charge in [-0.2, -0.15) is 0 Å². The van der Waals surface area contributed by atoms with E-state index in [1.165, 1.54) is 0 Å². The van der Waals surface area contributed by atoms with Gasteiger partial charge < -0.3 is 29.1 Å². The largest absolute Gasteiger partial charge is 0.480 e. The maximum absolute atomic E-state index is 12.7. The highest BCUT2D eigenvalue weighted by atomic mass is 16.6. The van der Waals surface area contributed by atoms with Crippen LogP contribution in [-0.4, -0.2) is 131 Å². The molecular formula is C28H50N4O8. The zero-order valence-corrected chi connectivity index (χ0v) is 25.8. The number of ether oxygens (including phenoxy) is 3. The van der Waals surface area contributed by atoms with Crippen molar-refractivity contribution in [2.45, 2.75) is 79.1 Å². The quantitative estimate of drug-likeness (QED) is 0.337. The molecule has 0 spiro atoms. The van der Waals surface area contributed by atoms with Crippen molar-refractivity contribution in [1.82, 2.24) is 19.6 Å². The van der Waals surface area contributed by atoms with E-state index in [9.17, 15) is 24.3 Å². The molecule has 0 aromatic rings. The zero-order chi connectivity index (χ0) is 30.7. The molecule has 0 aromatic heterocycles. The molecule has 0 atom stereocenters. The number of carboxylic acids is 1. The van der Waals surface area contributed by atoms with Crippen molar-refractivity contribution in [3.05, 3.63) is 12.4 Å².